The second kappa shape index (κ2) is 9.73. The lowest BCUT2D eigenvalue weighted by molar-refractivity contribution is 0.283. The monoisotopic (exact) mass is 460 g/mol. The van der Waals surface area contributed by atoms with E-state index in [9.17, 15) is 0 Å². The van der Waals surface area contributed by atoms with E-state index in [1.54, 1.807) is 0 Å². The van der Waals surface area contributed by atoms with Gasteiger partial charge in [-0.3, -0.25) is 4.99 Å². The molecule has 1 aliphatic heterocycles. The van der Waals surface area contributed by atoms with Crippen LogP contribution in [-0.2, 0) is 19.5 Å². The number of aryl methyl sites for hydroxylation is 1. The lowest BCUT2D eigenvalue weighted by Gasteiger charge is -2.28. The van der Waals surface area contributed by atoms with Crippen molar-refractivity contribution >= 4 is 29.9 Å². The topological polar surface area (TPSA) is 67.1 Å². The molecule has 25 heavy (non-hydrogen) atoms. The van der Waals surface area contributed by atoms with Gasteiger partial charge in [-0.15, -0.1) is 34.2 Å². The molecule has 2 N–H and O–H groups in total. The summed E-state index contributed by atoms with van der Waals surface area (Å²) in [5.41, 5.74) is 0.462. The Morgan fingerprint density at radius 2 is 1.92 bits per heavy atom. The molecule has 0 saturated heterocycles. The van der Waals surface area contributed by atoms with Crippen molar-refractivity contribution < 1.29 is 0 Å². The molecule has 1 aliphatic carbocycles. The first-order valence-corrected chi connectivity index (χ1v) is 9.62. The smallest absolute Gasteiger partial charge is 0.191 e. The Labute approximate surface area is 168 Å². The minimum Gasteiger partial charge on any atom is -0.356 e. The molecule has 3 rings (SSSR count). The Bertz CT molecular complexity index is 562. The van der Waals surface area contributed by atoms with Crippen LogP contribution in [0.25, 0.3) is 0 Å². The quantitative estimate of drug-likeness (QED) is 0.402. The Hall–Kier alpha value is -0.860. The van der Waals surface area contributed by atoms with Crippen LogP contribution >= 0.6 is 24.0 Å². The van der Waals surface area contributed by atoms with Gasteiger partial charge in [0.1, 0.15) is 5.82 Å². The minimum absolute atomic E-state index is 0. The van der Waals surface area contributed by atoms with Crippen LogP contribution < -0.4 is 10.6 Å². The summed E-state index contributed by atoms with van der Waals surface area (Å²) in [4.78, 5) is 4.38. The maximum absolute atomic E-state index is 4.38. The highest BCUT2D eigenvalue weighted by Gasteiger charge is 2.31. The molecule has 142 valence electrons. The molecular weight excluding hydrogens is 427 g/mol. The van der Waals surface area contributed by atoms with Crippen molar-refractivity contribution in [3.8, 4) is 0 Å². The van der Waals surface area contributed by atoms with E-state index in [1.807, 2.05) is 7.05 Å². The Kier molecular flexibility index (Phi) is 7.96. The van der Waals surface area contributed by atoms with Crippen molar-refractivity contribution in [3.63, 3.8) is 0 Å². The highest BCUT2D eigenvalue weighted by atomic mass is 127. The Morgan fingerprint density at radius 3 is 2.64 bits per heavy atom. The highest BCUT2D eigenvalue weighted by molar-refractivity contribution is 14.0. The molecule has 2 heterocycles. The number of rotatable bonds is 5. The molecule has 0 aromatic carbocycles. The van der Waals surface area contributed by atoms with E-state index in [0.717, 1.165) is 37.1 Å². The number of guanidine groups is 1. The number of aromatic nitrogens is 3. The number of aliphatic imine (C=N–C) groups is 1. The summed E-state index contributed by atoms with van der Waals surface area (Å²) in [6.07, 6.45) is 11.5. The Morgan fingerprint density at radius 1 is 1.12 bits per heavy atom. The first-order chi connectivity index (χ1) is 11.8. The molecule has 1 fully saturated rings. The first kappa shape index (κ1) is 20.5. The molecular formula is C18H33IN6. The maximum Gasteiger partial charge on any atom is 0.191 e. The third-order valence-corrected chi connectivity index (χ3v) is 5.87. The fourth-order valence-corrected chi connectivity index (χ4v) is 4.11. The molecule has 0 bridgehead atoms. The fourth-order valence-electron chi connectivity index (χ4n) is 4.11. The summed E-state index contributed by atoms with van der Waals surface area (Å²) in [5.74, 6) is 3.05. The number of nitrogens with zero attached hydrogens (tertiary/aromatic N) is 4. The number of hydrogen-bond donors (Lipinski definition) is 2. The summed E-state index contributed by atoms with van der Waals surface area (Å²) < 4.78 is 2.29. The summed E-state index contributed by atoms with van der Waals surface area (Å²) in [5, 5.41) is 15.7. The first-order valence-electron chi connectivity index (χ1n) is 9.62. The van der Waals surface area contributed by atoms with Crippen LogP contribution in [0.2, 0.25) is 0 Å². The molecule has 1 aromatic heterocycles. The van der Waals surface area contributed by atoms with Crippen LogP contribution in [0.5, 0.6) is 0 Å². The van der Waals surface area contributed by atoms with Gasteiger partial charge in [-0.05, 0) is 37.5 Å². The number of fused-ring (bicyclic) bond motifs is 1. The average Bonchev–Trinajstić information content (AvgIpc) is 3.17. The molecule has 2 aliphatic rings. The molecule has 7 heteroatoms. The van der Waals surface area contributed by atoms with Crippen LogP contribution in [-0.4, -0.2) is 34.3 Å². The summed E-state index contributed by atoms with van der Waals surface area (Å²) in [6, 6.07) is 0. The largest absolute Gasteiger partial charge is 0.356 e. The summed E-state index contributed by atoms with van der Waals surface area (Å²) in [6.45, 7) is 5.06. The lowest BCUT2D eigenvalue weighted by Crippen LogP contribution is -2.42. The normalized spacial score (nSPS) is 19.7. The molecule has 1 aromatic rings. The molecule has 6 nitrogen and oxygen atoms in total. The number of nitrogens with one attached hydrogen (secondary N) is 2. The van der Waals surface area contributed by atoms with Crippen LogP contribution in [0.3, 0.4) is 0 Å². The number of halogens is 1. The SMILES string of the molecule is CCC1(CNC(=NC)NCc2nnc3n2CCCCC3)CCCC1.I. The second-order valence-electron chi connectivity index (χ2n) is 7.33. The third-order valence-electron chi connectivity index (χ3n) is 5.87. The van der Waals surface area contributed by atoms with Crippen molar-refractivity contribution in [3.05, 3.63) is 11.6 Å². The van der Waals surface area contributed by atoms with E-state index in [2.05, 4.69) is 37.3 Å². The zero-order chi connectivity index (χ0) is 16.8. The van der Waals surface area contributed by atoms with Gasteiger partial charge in [-0.1, -0.05) is 26.2 Å². The van der Waals surface area contributed by atoms with Crippen molar-refractivity contribution in [2.24, 2.45) is 10.4 Å². The van der Waals surface area contributed by atoms with Crippen molar-refractivity contribution in [2.45, 2.75) is 77.8 Å². The standard InChI is InChI=1S/C18H32N6.HI/c1-3-18(10-6-7-11-18)14-21-17(19-2)20-13-16-23-22-15-9-5-4-8-12-24(15)16;/h3-14H2,1-2H3,(H2,19,20,21);1H. The van der Waals surface area contributed by atoms with E-state index in [-0.39, 0.29) is 24.0 Å². The van der Waals surface area contributed by atoms with Gasteiger partial charge >= 0.3 is 0 Å². The highest BCUT2D eigenvalue weighted by Crippen LogP contribution is 2.40. The number of hydrogen-bond acceptors (Lipinski definition) is 3. The van der Waals surface area contributed by atoms with Gasteiger partial charge in [-0.2, -0.15) is 0 Å². The van der Waals surface area contributed by atoms with E-state index >= 15 is 0 Å². The third kappa shape index (κ3) is 5.08. The predicted octanol–water partition coefficient (Wildman–Crippen LogP) is 3.26. The Balaban J connectivity index is 0.00000225. The van der Waals surface area contributed by atoms with Crippen LogP contribution in [0.15, 0.2) is 4.99 Å². The summed E-state index contributed by atoms with van der Waals surface area (Å²) in [7, 11) is 1.84. The van der Waals surface area contributed by atoms with E-state index in [0.29, 0.717) is 12.0 Å². The average molecular weight is 460 g/mol. The second-order valence-corrected chi connectivity index (χ2v) is 7.33. The van der Waals surface area contributed by atoms with Gasteiger partial charge in [0.05, 0.1) is 6.54 Å². The maximum atomic E-state index is 4.38. The van der Waals surface area contributed by atoms with Gasteiger partial charge in [0.2, 0.25) is 0 Å². The van der Waals surface area contributed by atoms with Crippen LogP contribution in [0.4, 0.5) is 0 Å². The van der Waals surface area contributed by atoms with Crippen molar-refractivity contribution in [2.75, 3.05) is 13.6 Å². The predicted molar refractivity (Wildman–Crippen MR) is 112 cm³/mol. The molecule has 0 spiro atoms. The van der Waals surface area contributed by atoms with Crippen LogP contribution in [0, 0.1) is 5.41 Å². The molecule has 0 amide bonds. The zero-order valence-electron chi connectivity index (χ0n) is 15.7. The lowest BCUT2D eigenvalue weighted by atomic mass is 9.83. The summed E-state index contributed by atoms with van der Waals surface area (Å²) >= 11 is 0. The van der Waals surface area contributed by atoms with Crippen LogP contribution in [0.1, 0.15) is 69.9 Å². The molecule has 0 radical (unpaired) electrons. The molecule has 0 unspecified atom stereocenters. The van der Waals surface area contributed by atoms with Gasteiger partial charge in [-0.25, -0.2) is 0 Å². The zero-order valence-corrected chi connectivity index (χ0v) is 18.0. The van der Waals surface area contributed by atoms with Gasteiger partial charge in [0.15, 0.2) is 11.8 Å². The molecule has 1 saturated carbocycles. The van der Waals surface area contributed by atoms with Crippen molar-refractivity contribution in [1.82, 2.24) is 25.4 Å². The molecule has 0 atom stereocenters. The van der Waals surface area contributed by atoms with E-state index < -0.39 is 0 Å². The van der Waals surface area contributed by atoms with Gasteiger partial charge in [0.25, 0.3) is 0 Å². The van der Waals surface area contributed by atoms with E-state index in [4.69, 9.17) is 0 Å². The van der Waals surface area contributed by atoms with Gasteiger partial charge < -0.3 is 15.2 Å². The fraction of sp³-hybridized carbons (Fsp3) is 0.833. The van der Waals surface area contributed by atoms with Gasteiger partial charge in [0, 0.05) is 26.6 Å². The van der Waals surface area contributed by atoms with E-state index in [1.165, 1.54) is 51.4 Å². The minimum atomic E-state index is 0. The van der Waals surface area contributed by atoms with Crippen molar-refractivity contribution in [1.29, 1.82) is 0 Å².